The molecule has 10 nitrogen and oxygen atoms in total. The van der Waals surface area contributed by atoms with Crippen molar-refractivity contribution in [2.45, 2.75) is 0 Å². The highest BCUT2D eigenvalue weighted by molar-refractivity contribution is 7.21. The number of amides is 2. The molecule has 1 fully saturated rings. The van der Waals surface area contributed by atoms with E-state index in [-0.39, 0.29) is 29.8 Å². The number of hydrogen-bond acceptors (Lipinski definition) is 9. The molecule has 0 saturated carbocycles. The van der Waals surface area contributed by atoms with E-state index in [9.17, 15) is 9.59 Å². The maximum atomic E-state index is 13.2. The molecule has 0 unspecified atom stereocenters. The van der Waals surface area contributed by atoms with Crippen molar-refractivity contribution in [1.29, 1.82) is 0 Å². The number of pyridine rings is 1. The number of carbonyl (C=O) groups excluding carboxylic acids is 2. The van der Waals surface area contributed by atoms with Crippen molar-refractivity contribution in [3.05, 3.63) is 36.0 Å². The molecular formula is C21H23N5O5S. The van der Waals surface area contributed by atoms with E-state index >= 15 is 0 Å². The molecule has 3 heterocycles. The standard InChI is InChI=1S/C21H23N5O5S/c1-29-15-10-13(11-16(30-2)18(15)31-12-17(22)27)20(28)25-6-8-26(9-7-25)21-24-14-4-3-5-23-19(14)32-21/h3-5,10-11H,6-9,12H2,1-2H3,(H2,22,27). The summed E-state index contributed by atoms with van der Waals surface area (Å²) in [6.45, 7) is 2.10. The third kappa shape index (κ3) is 4.37. The van der Waals surface area contributed by atoms with Crippen molar-refractivity contribution < 1.29 is 23.8 Å². The fourth-order valence-corrected chi connectivity index (χ4v) is 4.43. The number of methoxy groups -OCH3 is 2. The SMILES string of the molecule is COc1cc(C(=O)N2CCN(c3nc4cccnc4s3)CC2)cc(OC)c1OCC(N)=O. The lowest BCUT2D eigenvalue weighted by atomic mass is 10.1. The van der Waals surface area contributed by atoms with Crippen molar-refractivity contribution in [2.75, 3.05) is 51.9 Å². The summed E-state index contributed by atoms with van der Waals surface area (Å²) in [4.78, 5) is 38.1. The van der Waals surface area contributed by atoms with Crippen LogP contribution in [0.15, 0.2) is 30.5 Å². The summed E-state index contributed by atoms with van der Waals surface area (Å²) in [6.07, 6.45) is 1.76. The summed E-state index contributed by atoms with van der Waals surface area (Å²) < 4.78 is 16.1. The van der Waals surface area contributed by atoms with Crippen molar-refractivity contribution >= 4 is 38.6 Å². The molecule has 1 aromatic carbocycles. The highest BCUT2D eigenvalue weighted by Crippen LogP contribution is 2.39. The molecule has 4 rings (SSSR count). The largest absolute Gasteiger partial charge is 0.493 e. The number of hydrogen-bond donors (Lipinski definition) is 1. The quantitative estimate of drug-likeness (QED) is 0.567. The number of primary amides is 1. The van der Waals surface area contributed by atoms with Crippen LogP contribution >= 0.6 is 11.3 Å². The van der Waals surface area contributed by atoms with Crippen molar-refractivity contribution in [3.63, 3.8) is 0 Å². The predicted octanol–water partition coefficient (Wildman–Crippen LogP) is 1.53. The van der Waals surface area contributed by atoms with E-state index in [0.717, 1.165) is 15.5 Å². The van der Waals surface area contributed by atoms with Crippen LogP contribution in [-0.4, -0.2) is 73.7 Å². The van der Waals surface area contributed by atoms with Gasteiger partial charge in [0.15, 0.2) is 23.2 Å². The average molecular weight is 458 g/mol. The Bertz CT molecular complexity index is 1080. The van der Waals surface area contributed by atoms with Crippen LogP contribution in [0, 0.1) is 0 Å². The number of benzene rings is 1. The van der Waals surface area contributed by atoms with Gasteiger partial charge in [-0.2, -0.15) is 0 Å². The Morgan fingerprint density at radius 2 is 1.81 bits per heavy atom. The molecule has 0 aliphatic carbocycles. The van der Waals surface area contributed by atoms with Crippen LogP contribution in [0.5, 0.6) is 17.2 Å². The van der Waals surface area contributed by atoms with Crippen LogP contribution < -0.4 is 24.8 Å². The number of piperazine rings is 1. The maximum absolute atomic E-state index is 13.2. The van der Waals surface area contributed by atoms with E-state index < -0.39 is 5.91 Å². The summed E-state index contributed by atoms with van der Waals surface area (Å²) in [5, 5.41) is 0.907. The first-order valence-corrected chi connectivity index (χ1v) is 10.7. The van der Waals surface area contributed by atoms with Crippen molar-refractivity contribution in [1.82, 2.24) is 14.9 Å². The summed E-state index contributed by atoms with van der Waals surface area (Å²) >= 11 is 1.55. The number of aromatic nitrogens is 2. The zero-order chi connectivity index (χ0) is 22.7. The highest BCUT2D eigenvalue weighted by Gasteiger charge is 2.26. The third-order valence-corrected chi connectivity index (χ3v) is 6.10. The van der Waals surface area contributed by atoms with Crippen molar-refractivity contribution in [2.24, 2.45) is 5.73 Å². The molecule has 2 amide bonds. The van der Waals surface area contributed by atoms with E-state index in [1.165, 1.54) is 14.2 Å². The first-order chi connectivity index (χ1) is 15.5. The van der Waals surface area contributed by atoms with E-state index in [4.69, 9.17) is 19.9 Å². The number of ether oxygens (including phenoxy) is 3. The van der Waals surface area contributed by atoms with Gasteiger partial charge in [0, 0.05) is 37.9 Å². The van der Waals surface area contributed by atoms with Gasteiger partial charge in [0.2, 0.25) is 5.75 Å². The van der Waals surface area contributed by atoms with E-state index in [2.05, 4.69) is 14.9 Å². The molecule has 0 spiro atoms. The first-order valence-electron chi connectivity index (χ1n) is 9.93. The van der Waals surface area contributed by atoms with Crippen LogP contribution in [0.2, 0.25) is 0 Å². The number of rotatable bonds is 7. The minimum Gasteiger partial charge on any atom is -0.493 e. The summed E-state index contributed by atoms with van der Waals surface area (Å²) in [6, 6.07) is 6.97. The molecule has 2 aromatic heterocycles. The monoisotopic (exact) mass is 457 g/mol. The second-order valence-corrected chi connectivity index (χ2v) is 8.02. The molecule has 1 aliphatic rings. The third-order valence-electron chi connectivity index (χ3n) is 5.06. The minimum absolute atomic E-state index is 0.145. The van der Waals surface area contributed by atoms with Gasteiger partial charge in [-0.05, 0) is 24.3 Å². The molecule has 1 saturated heterocycles. The molecule has 2 N–H and O–H groups in total. The van der Waals surface area contributed by atoms with Gasteiger partial charge >= 0.3 is 0 Å². The van der Waals surface area contributed by atoms with Crippen molar-refractivity contribution in [3.8, 4) is 17.2 Å². The number of nitrogens with two attached hydrogens (primary N) is 1. The van der Waals surface area contributed by atoms with E-state index in [1.54, 1.807) is 34.6 Å². The van der Waals surface area contributed by atoms with Crippen LogP contribution in [0.4, 0.5) is 5.13 Å². The lowest BCUT2D eigenvalue weighted by Gasteiger charge is -2.34. The average Bonchev–Trinajstić information content (AvgIpc) is 3.26. The normalized spacial score (nSPS) is 13.8. The Kier molecular flexibility index (Phi) is 6.26. The fraction of sp³-hybridized carbons (Fsp3) is 0.333. The molecular weight excluding hydrogens is 434 g/mol. The highest BCUT2D eigenvalue weighted by atomic mass is 32.1. The van der Waals surface area contributed by atoms with Gasteiger partial charge in [-0.1, -0.05) is 11.3 Å². The van der Waals surface area contributed by atoms with Gasteiger partial charge in [-0.3, -0.25) is 9.59 Å². The Hall–Kier alpha value is -3.60. The Labute approximate surface area is 188 Å². The molecule has 32 heavy (non-hydrogen) atoms. The zero-order valence-electron chi connectivity index (χ0n) is 17.7. The topological polar surface area (TPSA) is 120 Å². The van der Waals surface area contributed by atoms with E-state index in [0.29, 0.717) is 31.7 Å². The Morgan fingerprint density at radius 3 is 2.41 bits per heavy atom. The van der Waals surface area contributed by atoms with Crippen LogP contribution in [-0.2, 0) is 4.79 Å². The molecule has 1 aliphatic heterocycles. The summed E-state index contributed by atoms with van der Waals surface area (Å²) in [5.74, 6) is 0.0217. The van der Waals surface area contributed by atoms with Crippen LogP contribution in [0.25, 0.3) is 10.3 Å². The van der Waals surface area contributed by atoms with Crippen LogP contribution in [0.1, 0.15) is 10.4 Å². The molecule has 168 valence electrons. The molecule has 3 aromatic rings. The van der Waals surface area contributed by atoms with Gasteiger partial charge in [0.05, 0.1) is 14.2 Å². The van der Waals surface area contributed by atoms with Gasteiger partial charge in [0.25, 0.3) is 11.8 Å². The van der Waals surface area contributed by atoms with Crippen LogP contribution in [0.3, 0.4) is 0 Å². The minimum atomic E-state index is -0.629. The zero-order valence-corrected chi connectivity index (χ0v) is 18.6. The fourth-order valence-electron chi connectivity index (χ4n) is 3.47. The smallest absolute Gasteiger partial charge is 0.255 e. The molecule has 0 atom stereocenters. The van der Waals surface area contributed by atoms with Gasteiger partial charge < -0.3 is 29.7 Å². The lowest BCUT2D eigenvalue weighted by molar-refractivity contribution is -0.120. The lowest BCUT2D eigenvalue weighted by Crippen LogP contribution is -2.48. The van der Waals surface area contributed by atoms with Gasteiger partial charge in [-0.25, -0.2) is 9.97 Å². The summed E-state index contributed by atoms with van der Waals surface area (Å²) in [5.41, 5.74) is 6.44. The molecule has 0 radical (unpaired) electrons. The molecule has 11 heteroatoms. The maximum Gasteiger partial charge on any atom is 0.255 e. The number of carbonyl (C=O) groups is 2. The number of nitrogens with zero attached hydrogens (tertiary/aromatic N) is 4. The summed E-state index contributed by atoms with van der Waals surface area (Å²) in [7, 11) is 2.90. The van der Waals surface area contributed by atoms with Gasteiger partial charge in [-0.15, -0.1) is 0 Å². The second kappa shape index (κ2) is 9.27. The Morgan fingerprint density at radius 1 is 1.12 bits per heavy atom. The first kappa shape index (κ1) is 21.6. The number of thiazole rings is 1. The Balaban J connectivity index is 1.48. The predicted molar refractivity (Wildman–Crippen MR) is 120 cm³/mol. The van der Waals surface area contributed by atoms with Gasteiger partial charge in [0.1, 0.15) is 10.3 Å². The van der Waals surface area contributed by atoms with E-state index in [1.807, 2.05) is 12.1 Å². The second-order valence-electron chi connectivity index (χ2n) is 7.07. The number of anilines is 1. The number of fused-ring (bicyclic) bond motifs is 1. The molecule has 0 bridgehead atoms.